The molecule has 0 bridgehead atoms. The van der Waals surface area contributed by atoms with Gasteiger partial charge in [0.1, 0.15) is 12.1 Å². The maximum atomic E-state index is 7.58. The Bertz CT molecular complexity index is 1890. The van der Waals surface area contributed by atoms with Crippen molar-refractivity contribution >= 4 is 22.3 Å². The summed E-state index contributed by atoms with van der Waals surface area (Å²) >= 11 is 0. The van der Waals surface area contributed by atoms with E-state index >= 15 is 0 Å². The number of pyridine rings is 1. The Morgan fingerprint density at radius 2 is 0.760 bits per heavy atom. The van der Waals surface area contributed by atoms with Crippen LogP contribution < -0.4 is 4.57 Å². The quantitative estimate of drug-likeness (QED) is 0.0795. The Labute approximate surface area is 298 Å². The number of aryl methyl sites for hydroxylation is 1. The number of ether oxygens (including phenoxy) is 1. The van der Waals surface area contributed by atoms with Crippen molar-refractivity contribution in [3.63, 3.8) is 0 Å². The zero-order valence-electron chi connectivity index (χ0n) is 28.8. The molecule has 248 valence electrons. The molecule has 0 fully saturated rings. The highest BCUT2D eigenvalue weighted by atomic mass is 16.5. The molecule has 2 heteroatoms. The van der Waals surface area contributed by atoms with Gasteiger partial charge in [0, 0.05) is 36.3 Å². The number of rotatable bonds is 15. The molecule has 2 nitrogen and oxygen atoms in total. The highest BCUT2D eigenvalue weighted by Gasteiger charge is 2.50. The zero-order chi connectivity index (χ0) is 33.9. The van der Waals surface area contributed by atoms with Gasteiger partial charge in [0.2, 0.25) is 0 Å². The summed E-state index contributed by atoms with van der Waals surface area (Å²) in [5, 5.41) is 0. The second kappa shape index (κ2) is 16.4. The van der Waals surface area contributed by atoms with Gasteiger partial charge < -0.3 is 4.74 Å². The minimum Gasteiger partial charge on any atom is -0.361 e. The Hall–Kier alpha value is -5.31. The van der Waals surface area contributed by atoms with Crippen molar-refractivity contribution in [2.24, 2.45) is 0 Å². The highest BCUT2D eigenvalue weighted by Crippen LogP contribution is 2.62. The molecular weight excluding hydrogens is 607 g/mol. The molecule has 7 rings (SSSR count). The zero-order valence-corrected chi connectivity index (χ0v) is 28.8. The molecule has 0 amide bonds. The van der Waals surface area contributed by atoms with Crippen LogP contribution in [-0.4, -0.2) is 6.61 Å². The molecule has 6 aromatic rings. The van der Waals surface area contributed by atoms with E-state index in [9.17, 15) is 0 Å². The van der Waals surface area contributed by atoms with E-state index in [1.54, 1.807) is 0 Å². The van der Waals surface area contributed by atoms with Gasteiger partial charge in [-0.05, 0) is 51.8 Å². The number of allylic oxidation sites excluding steroid dienone is 2. The normalized spacial score (nSPS) is 13.9. The molecule has 0 saturated carbocycles. The van der Waals surface area contributed by atoms with Gasteiger partial charge in [-0.2, -0.15) is 0 Å². The van der Waals surface area contributed by atoms with Gasteiger partial charge >= 0.3 is 0 Å². The molecule has 0 radical (unpaired) electrons. The fraction of sp³-hybridized carbons (Fsp3) is 0.188. The SMILES string of the molecule is c1ccc(C2=C(c3ccccc3)C(OCCCCCCCC[n+]3ccccc3)(c3ccccc3)C(c3ccccc3)=C2c2ccccc2)cc1. The maximum Gasteiger partial charge on any atom is 0.168 e. The number of nitrogens with zero attached hydrogens (tertiary/aromatic N) is 1. The van der Waals surface area contributed by atoms with Gasteiger partial charge in [0.25, 0.3) is 0 Å². The average molecular weight is 653 g/mol. The van der Waals surface area contributed by atoms with Crippen LogP contribution >= 0.6 is 0 Å². The largest absolute Gasteiger partial charge is 0.361 e. The summed E-state index contributed by atoms with van der Waals surface area (Å²) in [7, 11) is 0. The van der Waals surface area contributed by atoms with Crippen molar-refractivity contribution in [3.05, 3.63) is 210 Å². The third kappa shape index (κ3) is 7.18. The molecule has 1 aliphatic carbocycles. The second-order valence-electron chi connectivity index (χ2n) is 13.1. The lowest BCUT2D eigenvalue weighted by molar-refractivity contribution is -0.697. The van der Waals surface area contributed by atoms with Crippen molar-refractivity contribution in [3.8, 4) is 0 Å². The standard InChI is InChI=1S/C48H46NO/c1(3-21-35-49-36-22-10-23-37-49)2-4-24-38-50-48(43-33-19-9-20-34-43)46(41-29-15-7-16-30-41)44(39-25-11-5-12-26-39)45(40-27-13-6-14-28-40)47(48)42-31-17-8-18-32-42/h5-20,22-23,25-34,36-37H,1-4,21,24,35,38H2/q+1. The fourth-order valence-corrected chi connectivity index (χ4v) is 7.52. The van der Waals surface area contributed by atoms with Crippen molar-refractivity contribution in [1.29, 1.82) is 0 Å². The summed E-state index contributed by atoms with van der Waals surface area (Å²) in [6, 6.07) is 60.9. The van der Waals surface area contributed by atoms with Crippen molar-refractivity contribution < 1.29 is 9.30 Å². The summed E-state index contributed by atoms with van der Waals surface area (Å²) in [5.41, 5.74) is 9.88. The number of unbranched alkanes of at least 4 members (excludes halogenated alkanes) is 5. The van der Waals surface area contributed by atoms with E-state index in [2.05, 4.69) is 187 Å². The lowest BCUT2D eigenvalue weighted by atomic mass is 9.76. The minimum atomic E-state index is -0.840. The molecule has 0 aliphatic heterocycles. The Morgan fingerprint density at radius 1 is 0.380 bits per heavy atom. The van der Waals surface area contributed by atoms with E-state index in [-0.39, 0.29) is 0 Å². The fourth-order valence-electron chi connectivity index (χ4n) is 7.52. The molecule has 0 N–H and O–H groups in total. The summed E-state index contributed by atoms with van der Waals surface area (Å²) in [5.74, 6) is 0. The predicted molar refractivity (Wildman–Crippen MR) is 208 cm³/mol. The minimum absolute atomic E-state index is 0.658. The van der Waals surface area contributed by atoms with Gasteiger partial charge in [-0.1, -0.05) is 177 Å². The van der Waals surface area contributed by atoms with Crippen LogP contribution in [0.2, 0.25) is 0 Å². The summed E-state index contributed by atoms with van der Waals surface area (Å²) in [6.07, 6.45) is 11.4. The lowest BCUT2D eigenvalue weighted by Gasteiger charge is -2.37. The van der Waals surface area contributed by atoms with Gasteiger partial charge in [-0.3, -0.25) is 0 Å². The maximum absolute atomic E-state index is 7.58. The monoisotopic (exact) mass is 652 g/mol. The molecular formula is C48H46NO+. The van der Waals surface area contributed by atoms with Gasteiger partial charge in [0.05, 0.1) is 0 Å². The molecule has 0 saturated heterocycles. The number of aromatic nitrogens is 1. The number of hydrogen-bond acceptors (Lipinski definition) is 1. The first-order valence-corrected chi connectivity index (χ1v) is 18.2. The van der Waals surface area contributed by atoms with E-state index in [4.69, 9.17) is 4.74 Å². The molecule has 0 spiro atoms. The first-order valence-electron chi connectivity index (χ1n) is 18.2. The van der Waals surface area contributed by atoms with Crippen molar-refractivity contribution in [1.82, 2.24) is 0 Å². The van der Waals surface area contributed by atoms with Crippen LogP contribution in [-0.2, 0) is 16.9 Å². The van der Waals surface area contributed by atoms with Crippen LogP contribution in [0.4, 0.5) is 0 Å². The van der Waals surface area contributed by atoms with E-state index in [0.717, 1.165) is 24.9 Å². The molecule has 1 aromatic heterocycles. The second-order valence-corrected chi connectivity index (χ2v) is 13.1. The molecule has 5 aromatic carbocycles. The van der Waals surface area contributed by atoms with Gasteiger partial charge in [-0.25, -0.2) is 4.57 Å². The lowest BCUT2D eigenvalue weighted by Crippen LogP contribution is -2.32. The Balaban J connectivity index is 1.31. The van der Waals surface area contributed by atoms with Crippen molar-refractivity contribution in [2.75, 3.05) is 6.61 Å². The first-order chi connectivity index (χ1) is 24.9. The molecule has 1 aliphatic rings. The van der Waals surface area contributed by atoms with E-state index < -0.39 is 5.60 Å². The third-order valence-electron chi connectivity index (χ3n) is 9.79. The number of hydrogen-bond donors (Lipinski definition) is 0. The van der Waals surface area contributed by atoms with Crippen LogP contribution in [0.1, 0.15) is 66.3 Å². The topological polar surface area (TPSA) is 13.1 Å². The number of benzene rings is 5. The smallest absolute Gasteiger partial charge is 0.168 e. The van der Waals surface area contributed by atoms with E-state index in [0.29, 0.717) is 6.61 Å². The predicted octanol–water partition coefficient (Wildman–Crippen LogP) is 11.5. The first kappa shape index (κ1) is 33.2. The Morgan fingerprint density at radius 3 is 1.24 bits per heavy atom. The Kier molecular flexibility index (Phi) is 10.9. The van der Waals surface area contributed by atoms with Crippen molar-refractivity contribution in [2.45, 2.75) is 50.7 Å². The van der Waals surface area contributed by atoms with Crippen LogP contribution in [0.5, 0.6) is 0 Å². The average Bonchev–Trinajstić information content (AvgIpc) is 3.51. The molecule has 0 atom stereocenters. The van der Waals surface area contributed by atoms with Crippen LogP contribution in [0.15, 0.2) is 182 Å². The van der Waals surface area contributed by atoms with Crippen LogP contribution in [0.3, 0.4) is 0 Å². The van der Waals surface area contributed by atoms with E-state index in [1.807, 2.05) is 0 Å². The summed E-state index contributed by atoms with van der Waals surface area (Å²) in [4.78, 5) is 0. The van der Waals surface area contributed by atoms with Gasteiger partial charge in [-0.15, -0.1) is 0 Å². The highest BCUT2D eigenvalue weighted by molar-refractivity contribution is 6.31. The molecule has 50 heavy (non-hydrogen) atoms. The molecule has 0 unspecified atom stereocenters. The summed E-state index contributed by atoms with van der Waals surface area (Å²) in [6.45, 7) is 1.74. The van der Waals surface area contributed by atoms with Crippen LogP contribution in [0, 0.1) is 0 Å². The van der Waals surface area contributed by atoms with Crippen LogP contribution in [0.25, 0.3) is 22.3 Å². The van der Waals surface area contributed by atoms with Gasteiger partial charge in [0.15, 0.2) is 12.4 Å². The summed E-state index contributed by atoms with van der Waals surface area (Å²) < 4.78 is 9.86. The third-order valence-corrected chi connectivity index (χ3v) is 9.79. The molecule has 1 heterocycles. The van der Waals surface area contributed by atoms with E-state index in [1.165, 1.54) is 70.2 Å².